The maximum absolute atomic E-state index is 5.57. The summed E-state index contributed by atoms with van der Waals surface area (Å²) in [6, 6.07) is 3.10. The van der Waals surface area contributed by atoms with Crippen molar-refractivity contribution >= 4 is 11.3 Å². The number of hydrogen-bond acceptors (Lipinski definition) is 3. The maximum Gasteiger partial charge on any atom is 0.0604 e. The van der Waals surface area contributed by atoms with E-state index in [-0.39, 0.29) is 0 Å². The molecule has 94 valence electrons. The maximum atomic E-state index is 5.57. The van der Waals surface area contributed by atoms with Crippen LogP contribution in [-0.4, -0.2) is 18.8 Å². The highest BCUT2D eigenvalue weighted by molar-refractivity contribution is 7.12. The Balaban J connectivity index is 1.43. The van der Waals surface area contributed by atoms with E-state index in [4.69, 9.17) is 4.74 Å². The monoisotopic (exact) mass is 251 g/mol. The topological polar surface area (TPSA) is 21.3 Å². The minimum atomic E-state index is 0.519. The van der Waals surface area contributed by atoms with Gasteiger partial charge >= 0.3 is 0 Å². The third kappa shape index (κ3) is 2.56. The third-order valence-corrected chi connectivity index (χ3v) is 5.10. The van der Waals surface area contributed by atoms with Crippen molar-refractivity contribution < 1.29 is 4.74 Å². The summed E-state index contributed by atoms with van der Waals surface area (Å²) in [5.74, 6) is 0. The van der Waals surface area contributed by atoms with Crippen LogP contribution in [-0.2, 0) is 24.1 Å². The molecule has 1 fully saturated rings. The molecule has 0 bridgehead atoms. The predicted molar refractivity (Wildman–Crippen MR) is 71.6 cm³/mol. The lowest BCUT2D eigenvalue weighted by Gasteiger charge is -2.35. The summed E-state index contributed by atoms with van der Waals surface area (Å²) in [5.41, 5.74) is 1.62. The summed E-state index contributed by atoms with van der Waals surface area (Å²) in [6.07, 6.45) is 6.90. The van der Waals surface area contributed by atoms with Gasteiger partial charge in [0.2, 0.25) is 0 Å². The Bertz CT molecular complexity index is 360. The molecule has 0 amide bonds. The molecule has 17 heavy (non-hydrogen) atoms. The van der Waals surface area contributed by atoms with Gasteiger partial charge < -0.3 is 10.1 Å². The Morgan fingerprint density at radius 3 is 3.06 bits per heavy atom. The van der Waals surface area contributed by atoms with Crippen LogP contribution in [0.3, 0.4) is 0 Å². The molecule has 0 saturated heterocycles. The van der Waals surface area contributed by atoms with E-state index < -0.39 is 0 Å². The van der Waals surface area contributed by atoms with Gasteiger partial charge in [0.05, 0.1) is 6.10 Å². The molecule has 0 atom stereocenters. The van der Waals surface area contributed by atoms with Crippen LogP contribution in [0.25, 0.3) is 0 Å². The zero-order valence-electron chi connectivity index (χ0n) is 10.5. The molecule has 1 aromatic heterocycles. The molecule has 3 heteroatoms. The van der Waals surface area contributed by atoms with E-state index in [9.17, 15) is 0 Å². The van der Waals surface area contributed by atoms with Crippen molar-refractivity contribution in [3.05, 3.63) is 21.4 Å². The number of rotatable bonds is 5. The van der Waals surface area contributed by atoms with Crippen LogP contribution in [0.5, 0.6) is 0 Å². The Kier molecular flexibility index (Phi) is 3.50. The third-order valence-electron chi connectivity index (χ3n) is 3.86. The number of thiophene rings is 1. The van der Waals surface area contributed by atoms with Gasteiger partial charge in [-0.15, -0.1) is 11.3 Å². The van der Waals surface area contributed by atoms with Crippen molar-refractivity contribution in [2.75, 3.05) is 6.61 Å². The lowest BCUT2D eigenvalue weighted by atomic mass is 9.89. The summed E-state index contributed by atoms with van der Waals surface area (Å²) in [5, 5.41) is 3.64. The second kappa shape index (κ2) is 5.09. The Hall–Kier alpha value is -0.380. The summed E-state index contributed by atoms with van der Waals surface area (Å²) < 4.78 is 5.57. The van der Waals surface area contributed by atoms with Crippen LogP contribution in [0.4, 0.5) is 0 Å². The second-order valence-corrected chi connectivity index (χ2v) is 6.36. The molecule has 2 aliphatic rings. The van der Waals surface area contributed by atoms with Crippen molar-refractivity contribution in [3.8, 4) is 0 Å². The lowest BCUT2D eigenvalue weighted by Crippen LogP contribution is -2.44. The van der Waals surface area contributed by atoms with Gasteiger partial charge in [0.25, 0.3) is 0 Å². The minimum absolute atomic E-state index is 0.519. The van der Waals surface area contributed by atoms with Crippen LogP contribution in [0.2, 0.25) is 0 Å². The van der Waals surface area contributed by atoms with E-state index >= 15 is 0 Å². The first kappa shape index (κ1) is 11.7. The number of fused-ring (bicyclic) bond motifs is 1. The largest absolute Gasteiger partial charge is 0.378 e. The van der Waals surface area contributed by atoms with Crippen LogP contribution in [0, 0.1) is 0 Å². The van der Waals surface area contributed by atoms with E-state index in [0.717, 1.165) is 13.2 Å². The Morgan fingerprint density at radius 2 is 2.29 bits per heavy atom. The molecule has 2 nitrogen and oxygen atoms in total. The summed E-state index contributed by atoms with van der Waals surface area (Å²) >= 11 is 2.02. The van der Waals surface area contributed by atoms with Gasteiger partial charge in [0.1, 0.15) is 0 Å². The van der Waals surface area contributed by atoms with Crippen molar-refractivity contribution in [3.63, 3.8) is 0 Å². The average Bonchev–Trinajstić information content (AvgIpc) is 2.81. The molecule has 0 spiro atoms. The standard InChI is InChI=1S/C14H21NOS/c1-2-16-12-7-11(8-12)15-9-13-6-10-4-3-5-14(10)17-13/h6,11-12,15H,2-5,7-9H2,1H3. The zero-order valence-corrected chi connectivity index (χ0v) is 11.3. The molecule has 3 rings (SSSR count). The van der Waals surface area contributed by atoms with Crippen molar-refractivity contribution in [2.24, 2.45) is 0 Å². The fraction of sp³-hybridized carbons (Fsp3) is 0.714. The van der Waals surface area contributed by atoms with Crippen LogP contribution >= 0.6 is 11.3 Å². The van der Waals surface area contributed by atoms with Crippen molar-refractivity contribution in [1.82, 2.24) is 5.32 Å². The molecule has 0 aromatic carbocycles. The van der Waals surface area contributed by atoms with Crippen LogP contribution in [0.1, 0.15) is 41.5 Å². The first-order chi connectivity index (χ1) is 8.35. The highest BCUT2D eigenvalue weighted by Crippen LogP contribution is 2.31. The fourth-order valence-corrected chi connectivity index (χ4v) is 4.04. The number of nitrogens with one attached hydrogen (secondary N) is 1. The first-order valence-corrected chi connectivity index (χ1v) is 7.62. The fourth-order valence-electron chi connectivity index (χ4n) is 2.83. The molecule has 0 aliphatic heterocycles. The highest BCUT2D eigenvalue weighted by atomic mass is 32.1. The number of hydrogen-bond donors (Lipinski definition) is 1. The Labute approximate surface area is 107 Å². The van der Waals surface area contributed by atoms with E-state index in [1.807, 2.05) is 11.3 Å². The molecule has 1 N–H and O–H groups in total. The van der Waals surface area contributed by atoms with Gasteiger partial charge in [0.15, 0.2) is 0 Å². The zero-order chi connectivity index (χ0) is 11.7. The molecular formula is C14H21NOS. The summed E-state index contributed by atoms with van der Waals surface area (Å²) in [7, 11) is 0. The Morgan fingerprint density at radius 1 is 1.41 bits per heavy atom. The van der Waals surface area contributed by atoms with Crippen LogP contribution in [0.15, 0.2) is 6.07 Å². The summed E-state index contributed by atoms with van der Waals surface area (Å²) in [6.45, 7) is 3.99. The summed E-state index contributed by atoms with van der Waals surface area (Å²) in [4.78, 5) is 3.16. The molecule has 0 unspecified atom stereocenters. The SMILES string of the molecule is CCOC1CC(NCc2cc3c(s2)CCC3)C1. The molecule has 2 aliphatic carbocycles. The van der Waals surface area contributed by atoms with Gasteiger partial charge in [0, 0.05) is 28.9 Å². The van der Waals surface area contributed by atoms with Crippen molar-refractivity contribution in [1.29, 1.82) is 0 Å². The smallest absolute Gasteiger partial charge is 0.0604 e. The molecule has 1 heterocycles. The van der Waals surface area contributed by atoms with Gasteiger partial charge in [-0.25, -0.2) is 0 Å². The van der Waals surface area contributed by atoms with E-state index in [1.54, 1.807) is 10.4 Å². The predicted octanol–water partition coefficient (Wildman–Crippen LogP) is 2.89. The molecule has 0 radical (unpaired) electrons. The number of aryl methyl sites for hydroxylation is 2. The lowest BCUT2D eigenvalue weighted by molar-refractivity contribution is -0.0101. The average molecular weight is 251 g/mol. The highest BCUT2D eigenvalue weighted by Gasteiger charge is 2.29. The van der Waals surface area contributed by atoms with E-state index in [0.29, 0.717) is 12.1 Å². The normalized spacial score (nSPS) is 26.9. The van der Waals surface area contributed by atoms with E-state index in [1.165, 1.54) is 37.0 Å². The second-order valence-electron chi connectivity index (χ2n) is 5.14. The number of ether oxygens (including phenoxy) is 1. The van der Waals surface area contributed by atoms with Crippen molar-refractivity contribution in [2.45, 2.75) is 57.7 Å². The van der Waals surface area contributed by atoms with Crippen LogP contribution < -0.4 is 5.32 Å². The molecule has 1 aromatic rings. The van der Waals surface area contributed by atoms with Gasteiger partial charge in [-0.2, -0.15) is 0 Å². The van der Waals surface area contributed by atoms with Gasteiger partial charge in [-0.05, 0) is 50.7 Å². The van der Waals surface area contributed by atoms with Gasteiger partial charge in [-0.1, -0.05) is 0 Å². The minimum Gasteiger partial charge on any atom is -0.378 e. The van der Waals surface area contributed by atoms with Gasteiger partial charge in [-0.3, -0.25) is 0 Å². The quantitative estimate of drug-likeness (QED) is 0.869. The van der Waals surface area contributed by atoms with E-state index in [2.05, 4.69) is 18.3 Å². The first-order valence-electron chi connectivity index (χ1n) is 6.80. The molecule has 1 saturated carbocycles. The molecular weight excluding hydrogens is 230 g/mol.